The number of halogens is 4. The van der Waals surface area contributed by atoms with Gasteiger partial charge in [-0.25, -0.2) is 0 Å². The molecule has 1 fully saturated rings. The number of nitrogens with zero attached hydrogens (tertiary/aromatic N) is 1. The van der Waals surface area contributed by atoms with E-state index in [1.807, 2.05) is 36.4 Å². The Labute approximate surface area is 240 Å². The number of amides is 2. The number of methoxy groups -OCH3 is 1. The standard InChI is InChI=1S/C30H31BrF3N3O3/c1-19(38)35-17-29(39)37-13-12-27(24(18-37)20-6-4-3-5-7-20)36-16-23-14-21(9-11-28(23)40-2)22-8-10-26(31)25(15-22)30(32,33)34/h3-11,14-15,24,27,36H,12-13,16-18H2,1-2H3,(H,35,38)/t24-,27-/m0/s1. The van der Waals surface area contributed by atoms with Gasteiger partial charge in [-0.2, -0.15) is 13.2 Å². The summed E-state index contributed by atoms with van der Waals surface area (Å²) in [5.41, 5.74) is 2.27. The first kappa shape index (κ1) is 29.6. The van der Waals surface area contributed by atoms with Gasteiger partial charge in [-0.1, -0.05) is 58.4 Å². The molecule has 2 atom stereocenters. The van der Waals surface area contributed by atoms with E-state index in [2.05, 4.69) is 26.6 Å². The van der Waals surface area contributed by atoms with E-state index >= 15 is 0 Å². The van der Waals surface area contributed by atoms with Crippen molar-refractivity contribution >= 4 is 27.7 Å². The fourth-order valence-corrected chi connectivity index (χ4v) is 5.50. The first-order valence-corrected chi connectivity index (χ1v) is 13.7. The lowest BCUT2D eigenvalue weighted by molar-refractivity contribution is -0.138. The summed E-state index contributed by atoms with van der Waals surface area (Å²) >= 11 is 3.00. The quantitative estimate of drug-likeness (QED) is 0.337. The Hall–Kier alpha value is -3.37. The number of benzene rings is 3. The Morgan fingerprint density at radius 1 is 1.05 bits per heavy atom. The number of alkyl halides is 3. The molecule has 0 aliphatic carbocycles. The van der Waals surface area contributed by atoms with Gasteiger partial charge in [0.15, 0.2) is 0 Å². The summed E-state index contributed by atoms with van der Waals surface area (Å²) in [5, 5.41) is 6.20. The first-order valence-electron chi connectivity index (χ1n) is 12.9. The topological polar surface area (TPSA) is 70.7 Å². The number of carbonyl (C=O) groups excluding carboxylic acids is 2. The number of ether oxygens (including phenoxy) is 1. The van der Waals surface area contributed by atoms with Crippen LogP contribution < -0.4 is 15.4 Å². The van der Waals surface area contributed by atoms with Crippen LogP contribution in [-0.2, 0) is 22.3 Å². The SMILES string of the molecule is COc1ccc(-c2ccc(Br)c(C(F)(F)F)c2)cc1CN[C@H]1CCN(C(=O)CNC(C)=O)C[C@H]1c1ccccc1. The minimum absolute atomic E-state index is 0.00576. The second-order valence-electron chi connectivity index (χ2n) is 9.76. The van der Waals surface area contributed by atoms with Gasteiger partial charge in [-0.15, -0.1) is 0 Å². The molecule has 1 aliphatic heterocycles. The van der Waals surface area contributed by atoms with Gasteiger partial charge < -0.3 is 20.3 Å². The van der Waals surface area contributed by atoms with E-state index in [-0.39, 0.29) is 34.8 Å². The summed E-state index contributed by atoms with van der Waals surface area (Å²) in [5.74, 6) is 0.255. The highest BCUT2D eigenvalue weighted by molar-refractivity contribution is 9.10. The van der Waals surface area contributed by atoms with Crippen molar-refractivity contribution in [1.29, 1.82) is 0 Å². The Balaban J connectivity index is 1.55. The van der Waals surface area contributed by atoms with Crippen LogP contribution in [0.2, 0.25) is 0 Å². The maximum absolute atomic E-state index is 13.5. The van der Waals surface area contributed by atoms with Crippen molar-refractivity contribution < 1.29 is 27.5 Å². The highest BCUT2D eigenvalue weighted by Gasteiger charge is 2.34. The van der Waals surface area contributed by atoms with Crippen molar-refractivity contribution in [2.75, 3.05) is 26.7 Å². The van der Waals surface area contributed by atoms with Gasteiger partial charge in [0.1, 0.15) is 5.75 Å². The van der Waals surface area contributed by atoms with Gasteiger partial charge in [0.2, 0.25) is 11.8 Å². The molecular formula is C30H31BrF3N3O3. The maximum Gasteiger partial charge on any atom is 0.417 e. The molecule has 0 saturated carbocycles. The lowest BCUT2D eigenvalue weighted by Gasteiger charge is -2.39. The molecule has 1 heterocycles. The monoisotopic (exact) mass is 617 g/mol. The highest BCUT2D eigenvalue weighted by atomic mass is 79.9. The molecular weight excluding hydrogens is 587 g/mol. The maximum atomic E-state index is 13.5. The summed E-state index contributed by atoms with van der Waals surface area (Å²) in [7, 11) is 1.56. The van der Waals surface area contributed by atoms with Gasteiger partial charge in [0.05, 0.1) is 19.2 Å². The van der Waals surface area contributed by atoms with Crippen molar-refractivity contribution in [1.82, 2.24) is 15.5 Å². The third-order valence-electron chi connectivity index (χ3n) is 7.12. The molecule has 10 heteroatoms. The van der Waals surface area contributed by atoms with Gasteiger partial charge >= 0.3 is 6.18 Å². The van der Waals surface area contributed by atoms with E-state index in [9.17, 15) is 22.8 Å². The number of rotatable bonds is 8. The lowest BCUT2D eigenvalue weighted by Crippen LogP contribution is -2.51. The van der Waals surface area contributed by atoms with E-state index in [1.165, 1.54) is 13.0 Å². The summed E-state index contributed by atoms with van der Waals surface area (Å²) in [4.78, 5) is 25.8. The molecule has 4 rings (SSSR count). The Morgan fingerprint density at radius 3 is 2.42 bits per heavy atom. The predicted octanol–water partition coefficient (Wildman–Crippen LogP) is 5.75. The lowest BCUT2D eigenvalue weighted by atomic mass is 9.85. The van der Waals surface area contributed by atoms with Crippen LogP contribution >= 0.6 is 15.9 Å². The molecule has 0 spiro atoms. The molecule has 6 nitrogen and oxygen atoms in total. The molecule has 2 amide bonds. The Morgan fingerprint density at radius 2 is 1.75 bits per heavy atom. The van der Waals surface area contributed by atoms with Crippen LogP contribution in [0, 0.1) is 0 Å². The van der Waals surface area contributed by atoms with E-state index in [4.69, 9.17) is 4.74 Å². The summed E-state index contributed by atoms with van der Waals surface area (Å²) in [6.07, 6.45) is -3.79. The Bertz CT molecular complexity index is 1350. The Kier molecular flexibility index (Phi) is 9.52. The minimum Gasteiger partial charge on any atom is -0.496 e. The van der Waals surface area contributed by atoms with E-state index in [0.717, 1.165) is 17.2 Å². The number of likely N-dealkylation sites (tertiary alicyclic amines) is 1. The van der Waals surface area contributed by atoms with Crippen molar-refractivity contribution in [3.05, 3.63) is 87.9 Å². The van der Waals surface area contributed by atoms with E-state index < -0.39 is 11.7 Å². The molecule has 40 heavy (non-hydrogen) atoms. The van der Waals surface area contributed by atoms with Gasteiger partial charge in [0.25, 0.3) is 0 Å². The van der Waals surface area contributed by atoms with Crippen LogP contribution in [0.25, 0.3) is 11.1 Å². The van der Waals surface area contributed by atoms with E-state index in [1.54, 1.807) is 30.2 Å². The molecule has 212 valence electrons. The number of nitrogens with one attached hydrogen (secondary N) is 2. The van der Waals surface area contributed by atoms with Crippen LogP contribution in [0.15, 0.2) is 71.2 Å². The van der Waals surface area contributed by atoms with Crippen LogP contribution in [-0.4, -0.2) is 49.5 Å². The van der Waals surface area contributed by atoms with Gasteiger partial charge in [-0.3, -0.25) is 9.59 Å². The number of hydrogen-bond acceptors (Lipinski definition) is 4. The average Bonchev–Trinajstić information content (AvgIpc) is 2.94. The van der Waals surface area contributed by atoms with Gasteiger partial charge in [0, 0.05) is 48.6 Å². The summed E-state index contributed by atoms with van der Waals surface area (Å²) in [6, 6.07) is 19.5. The first-order chi connectivity index (χ1) is 19.1. The van der Waals surface area contributed by atoms with Gasteiger partial charge in [-0.05, 0) is 47.4 Å². The van der Waals surface area contributed by atoms with Crippen molar-refractivity contribution in [2.45, 2.75) is 38.0 Å². The smallest absolute Gasteiger partial charge is 0.417 e. The zero-order chi connectivity index (χ0) is 28.9. The average molecular weight is 618 g/mol. The fraction of sp³-hybridized carbons (Fsp3) is 0.333. The number of carbonyl (C=O) groups is 2. The second-order valence-corrected chi connectivity index (χ2v) is 10.6. The molecule has 3 aromatic rings. The largest absolute Gasteiger partial charge is 0.496 e. The van der Waals surface area contributed by atoms with Crippen LogP contribution in [0.1, 0.15) is 36.0 Å². The molecule has 0 unspecified atom stereocenters. The van der Waals surface area contributed by atoms with Crippen molar-refractivity contribution in [3.63, 3.8) is 0 Å². The highest BCUT2D eigenvalue weighted by Crippen LogP contribution is 2.38. The molecule has 0 aromatic heterocycles. The molecule has 1 aliphatic rings. The number of hydrogen-bond donors (Lipinski definition) is 2. The molecule has 2 N–H and O–H groups in total. The fourth-order valence-electron chi connectivity index (χ4n) is 5.03. The molecule has 0 radical (unpaired) electrons. The van der Waals surface area contributed by atoms with E-state index in [0.29, 0.717) is 42.9 Å². The van der Waals surface area contributed by atoms with Crippen molar-refractivity contribution in [3.8, 4) is 16.9 Å². The zero-order valence-electron chi connectivity index (χ0n) is 22.2. The zero-order valence-corrected chi connectivity index (χ0v) is 23.8. The van der Waals surface area contributed by atoms with Crippen LogP contribution in [0.5, 0.6) is 5.75 Å². The third kappa shape index (κ3) is 7.22. The predicted molar refractivity (Wildman–Crippen MR) is 151 cm³/mol. The summed E-state index contributed by atoms with van der Waals surface area (Å²) < 4.78 is 46.1. The third-order valence-corrected chi connectivity index (χ3v) is 7.81. The normalized spacial score (nSPS) is 17.4. The second kappa shape index (κ2) is 12.9. The van der Waals surface area contributed by atoms with Crippen molar-refractivity contribution in [2.24, 2.45) is 0 Å². The number of piperidine rings is 1. The molecule has 0 bridgehead atoms. The molecule has 1 saturated heterocycles. The molecule has 3 aromatic carbocycles. The van der Waals surface area contributed by atoms with Crippen LogP contribution in [0.3, 0.4) is 0 Å². The minimum atomic E-state index is -4.48. The summed E-state index contributed by atoms with van der Waals surface area (Å²) in [6.45, 7) is 2.80. The van der Waals surface area contributed by atoms with Crippen LogP contribution in [0.4, 0.5) is 13.2 Å².